The SMILES string of the molecule is COc1ccc(S(=O)(=O)N2CCCCC2c2nc(-c3cccc(Cl)c3)no2)cc1. The molecule has 4 rings (SSSR count). The molecule has 1 aromatic heterocycles. The average molecular weight is 434 g/mol. The van der Waals surface area contributed by atoms with Crippen molar-refractivity contribution in [3.05, 3.63) is 59.4 Å². The Morgan fingerprint density at radius 1 is 1.17 bits per heavy atom. The van der Waals surface area contributed by atoms with Gasteiger partial charge >= 0.3 is 0 Å². The molecule has 152 valence electrons. The summed E-state index contributed by atoms with van der Waals surface area (Å²) in [6.07, 6.45) is 2.28. The molecule has 0 saturated carbocycles. The van der Waals surface area contributed by atoms with Crippen LogP contribution in [0.15, 0.2) is 57.9 Å². The minimum Gasteiger partial charge on any atom is -0.497 e. The van der Waals surface area contributed by atoms with Crippen LogP contribution in [-0.2, 0) is 10.0 Å². The number of ether oxygens (including phenoxy) is 1. The lowest BCUT2D eigenvalue weighted by Crippen LogP contribution is -2.38. The highest BCUT2D eigenvalue weighted by Gasteiger charge is 2.37. The van der Waals surface area contributed by atoms with Crippen LogP contribution < -0.4 is 4.74 Å². The highest BCUT2D eigenvalue weighted by molar-refractivity contribution is 7.89. The Labute approximate surface area is 174 Å². The van der Waals surface area contributed by atoms with Crippen molar-refractivity contribution < 1.29 is 17.7 Å². The van der Waals surface area contributed by atoms with E-state index in [1.165, 1.54) is 11.4 Å². The van der Waals surface area contributed by atoms with Crippen LogP contribution in [0, 0.1) is 0 Å². The first-order valence-corrected chi connectivity index (χ1v) is 11.1. The predicted octanol–water partition coefficient (Wildman–Crippen LogP) is 4.31. The molecule has 0 spiro atoms. The standard InChI is InChI=1S/C20H20ClN3O4S/c1-27-16-8-10-17(11-9-16)29(25,26)24-12-3-2-7-18(24)20-22-19(23-28-20)14-5-4-6-15(21)13-14/h4-6,8-11,13,18H,2-3,7,12H2,1H3. The van der Waals surface area contributed by atoms with Gasteiger partial charge < -0.3 is 9.26 Å². The Morgan fingerprint density at radius 3 is 2.69 bits per heavy atom. The first kappa shape index (κ1) is 19.9. The molecule has 7 nitrogen and oxygen atoms in total. The van der Waals surface area contributed by atoms with Crippen molar-refractivity contribution in [1.29, 1.82) is 0 Å². The molecule has 9 heteroatoms. The number of halogens is 1. The molecule has 3 aromatic rings. The number of nitrogens with zero attached hydrogens (tertiary/aromatic N) is 3. The van der Waals surface area contributed by atoms with E-state index in [2.05, 4.69) is 10.1 Å². The minimum atomic E-state index is -3.72. The molecule has 2 aromatic carbocycles. The topological polar surface area (TPSA) is 85.5 Å². The second kappa shape index (κ2) is 8.14. The fourth-order valence-corrected chi connectivity index (χ4v) is 5.28. The second-order valence-electron chi connectivity index (χ2n) is 6.77. The molecule has 0 radical (unpaired) electrons. The van der Waals surface area contributed by atoms with Gasteiger partial charge in [0.1, 0.15) is 11.8 Å². The van der Waals surface area contributed by atoms with E-state index in [1.807, 2.05) is 6.07 Å². The average Bonchev–Trinajstić information content (AvgIpc) is 3.24. The third-order valence-corrected chi connectivity index (χ3v) is 7.09. The van der Waals surface area contributed by atoms with Gasteiger partial charge in [-0.15, -0.1) is 0 Å². The number of benzene rings is 2. The summed E-state index contributed by atoms with van der Waals surface area (Å²) in [4.78, 5) is 4.68. The van der Waals surface area contributed by atoms with Gasteiger partial charge in [-0.25, -0.2) is 8.42 Å². The number of sulfonamides is 1. The zero-order valence-corrected chi connectivity index (χ0v) is 17.4. The molecule has 1 aliphatic rings. The third kappa shape index (κ3) is 4.01. The van der Waals surface area contributed by atoms with Crippen LogP contribution in [0.1, 0.15) is 31.2 Å². The molecular weight excluding hydrogens is 414 g/mol. The summed E-state index contributed by atoms with van der Waals surface area (Å²) in [7, 11) is -2.18. The van der Waals surface area contributed by atoms with Crippen LogP contribution >= 0.6 is 11.6 Å². The van der Waals surface area contributed by atoms with Crippen LogP contribution in [0.2, 0.25) is 5.02 Å². The van der Waals surface area contributed by atoms with E-state index < -0.39 is 16.1 Å². The summed E-state index contributed by atoms with van der Waals surface area (Å²) >= 11 is 6.04. The lowest BCUT2D eigenvalue weighted by atomic mass is 10.1. The van der Waals surface area contributed by atoms with E-state index in [0.29, 0.717) is 35.1 Å². The van der Waals surface area contributed by atoms with Crippen LogP contribution in [0.25, 0.3) is 11.4 Å². The zero-order chi connectivity index (χ0) is 20.4. The zero-order valence-electron chi connectivity index (χ0n) is 15.8. The monoisotopic (exact) mass is 433 g/mol. The summed E-state index contributed by atoms with van der Waals surface area (Å²) in [5.41, 5.74) is 0.716. The fourth-order valence-electron chi connectivity index (χ4n) is 3.44. The first-order chi connectivity index (χ1) is 14.0. The molecule has 0 bridgehead atoms. The number of piperidine rings is 1. The summed E-state index contributed by atoms with van der Waals surface area (Å²) in [5, 5.41) is 4.60. The van der Waals surface area contributed by atoms with E-state index in [1.54, 1.807) is 42.5 Å². The van der Waals surface area contributed by atoms with Crippen LogP contribution in [0.3, 0.4) is 0 Å². The van der Waals surface area contributed by atoms with Crippen molar-refractivity contribution in [2.75, 3.05) is 13.7 Å². The van der Waals surface area contributed by atoms with Crippen molar-refractivity contribution in [2.24, 2.45) is 0 Å². The van der Waals surface area contributed by atoms with Gasteiger partial charge in [0.15, 0.2) is 0 Å². The number of hydrogen-bond acceptors (Lipinski definition) is 6. The van der Waals surface area contributed by atoms with Gasteiger partial charge in [-0.3, -0.25) is 0 Å². The summed E-state index contributed by atoms with van der Waals surface area (Å²) < 4.78 is 38.6. The van der Waals surface area contributed by atoms with Gasteiger partial charge in [0.2, 0.25) is 21.7 Å². The maximum Gasteiger partial charge on any atom is 0.245 e. The largest absolute Gasteiger partial charge is 0.497 e. The Kier molecular flexibility index (Phi) is 5.58. The predicted molar refractivity (Wildman–Crippen MR) is 108 cm³/mol. The molecule has 29 heavy (non-hydrogen) atoms. The van der Waals surface area contributed by atoms with E-state index >= 15 is 0 Å². The Balaban J connectivity index is 1.65. The van der Waals surface area contributed by atoms with Gasteiger partial charge in [-0.2, -0.15) is 9.29 Å². The normalized spacial score (nSPS) is 17.9. The molecule has 2 heterocycles. The number of rotatable bonds is 5. The van der Waals surface area contributed by atoms with Crippen molar-refractivity contribution >= 4 is 21.6 Å². The highest BCUT2D eigenvalue weighted by Crippen LogP contribution is 2.36. The van der Waals surface area contributed by atoms with Gasteiger partial charge in [-0.05, 0) is 49.2 Å². The Morgan fingerprint density at radius 2 is 1.97 bits per heavy atom. The third-order valence-electron chi connectivity index (χ3n) is 4.93. The Hall–Kier alpha value is -2.42. The second-order valence-corrected chi connectivity index (χ2v) is 9.10. The molecule has 1 saturated heterocycles. The van der Waals surface area contributed by atoms with Crippen molar-refractivity contribution in [3.63, 3.8) is 0 Å². The maximum atomic E-state index is 13.3. The minimum absolute atomic E-state index is 0.208. The van der Waals surface area contributed by atoms with Crippen molar-refractivity contribution in [2.45, 2.75) is 30.2 Å². The van der Waals surface area contributed by atoms with E-state index in [4.69, 9.17) is 20.9 Å². The molecule has 1 unspecified atom stereocenters. The van der Waals surface area contributed by atoms with E-state index in [0.717, 1.165) is 12.8 Å². The number of methoxy groups -OCH3 is 1. The molecule has 1 aliphatic heterocycles. The highest BCUT2D eigenvalue weighted by atomic mass is 35.5. The fraction of sp³-hybridized carbons (Fsp3) is 0.300. The number of hydrogen-bond donors (Lipinski definition) is 0. The lowest BCUT2D eigenvalue weighted by molar-refractivity contribution is 0.204. The van der Waals surface area contributed by atoms with Gasteiger partial charge in [-0.1, -0.05) is 35.3 Å². The quantitative estimate of drug-likeness (QED) is 0.595. The molecular formula is C20H20ClN3O4S. The van der Waals surface area contributed by atoms with Crippen LogP contribution in [0.5, 0.6) is 5.75 Å². The summed E-state index contributed by atoms with van der Waals surface area (Å²) in [6.45, 7) is 0.397. The molecule has 0 amide bonds. The first-order valence-electron chi connectivity index (χ1n) is 9.24. The van der Waals surface area contributed by atoms with Gasteiger partial charge in [0.05, 0.1) is 12.0 Å². The molecule has 1 fully saturated rings. The molecule has 0 N–H and O–H groups in total. The maximum absolute atomic E-state index is 13.3. The van der Waals surface area contributed by atoms with Crippen molar-refractivity contribution in [1.82, 2.24) is 14.4 Å². The van der Waals surface area contributed by atoms with Crippen molar-refractivity contribution in [3.8, 4) is 17.1 Å². The lowest BCUT2D eigenvalue weighted by Gasteiger charge is -2.32. The summed E-state index contributed by atoms with van der Waals surface area (Å²) in [5.74, 6) is 1.27. The molecule has 0 aliphatic carbocycles. The smallest absolute Gasteiger partial charge is 0.245 e. The molecule has 1 atom stereocenters. The van der Waals surface area contributed by atoms with Crippen LogP contribution in [-0.4, -0.2) is 36.5 Å². The number of aromatic nitrogens is 2. The summed E-state index contributed by atoms with van der Waals surface area (Å²) in [6, 6.07) is 13.0. The van der Waals surface area contributed by atoms with E-state index in [-0.39, 0.29) is 10.8 Å². The van der Waals surface area contributed by atoms with E-state index in [9.17, 15) is 8.42 Å². The van der Waals surface area contributed by atoms with Gasteiger partial charge in [0.25, 0.3) is 0 Å². The van der Waals surface area contributed by atoms with Gasteiger partial charge in [0, 0.05) is 17.1 Å². The van der Waals surface area contributed by atoms with Crippen LogP contribution in [0.4, 0.5) is 0 Å². The Bertz CT molecular complexity index is 1100.